The Morgan fingerprint density at radius 3 is 1.80 bits per heavy atom. The zero-order chi connectivity index (χ0) is 28.2. The average Bonchev–Trinajstić information content (AvgIpc) is 3.35. The third kappa shape index (κ3) is 4.85. The number of benzene rings is 4. The molecule has 202 valence electrons. The highest BCUT2D eigenvalue weighted by molar-refractivity contribution is 5.90. The van der Waals surface area contributed by atoms with Gasteiger partial charge < -0.3 is 11.1 Å². The second-order valence-electron chi connectivity index (χ2n) is 10.2. The van der Waals surface area contributed by atoms with Gasteiger partial charge in [0, 0.05) is 6.20 Å². The maximum atomic E-state index is 13.1. The van der Waals surface area contributed by atoms with Gasteiger partial charge in [0.15, 0.2) is 5.82 Å². The van der Waals surface area contributed by atoms with Crippen molar-refractivity contribution in [3.05, 3.63) is 162 Å². The molecular formula is C35H31N5O. The Bertz CT molecular complexity index is 1670. The SMILES string of the molecule is C[C@@H](NC(=O)Cc1cc2c(cn1)c(N)nn2C(c1ccccc1)(c1ccccc1)c1ccccc1)c1ccccc1. The molecule has 0 aliphatic rings. The minimum atomic E-state index is -0.831. The van der Waals surface area contributed by atoms with E-state index >= 15 is 0 Å². The van der Waals surface area contributed by atoms with Crippen LogP contribution in [0.1, 0.15) is 40.9 Å². The van der Waals surface area contributed by atoms with E-state index in [0.717, 1.165) is 33.2 Å². The predicted molar refractivity (Wildman–Crippen MR) is 163 cm³/mol. The lowest BCUT2D eigenvalue weighted by Crippen LogP contribution is -2.38. The van der Waals surface area contributed by atoms with Crippen LogP contribution in [0.5, 0.6) is 0 Å². The normalized spacial score (nSPS) is 12.2. The molecule has 4 aromatic carbocycles. The molecule has 0 bridgehead atoms. The monoisotopic (exact) mass is 537 g/mol. The Hall–Kier alpha value is -5.23. The van der Waals surface area contributed by atoms with Gasteiger partial charge in [0.1, 0.15) is 5.54 Å². The molecule has 0 aliphatic heterocycles. The van der Waals surface area contributed by atoms with E-state index in [1.54, 1.807) is 6.20 Å². The first-order valence-corrected chi connectivity index (χ1v) is 13.7. The van der Waals surface area contributed by atoms with E-state index in [-0.39, 0.29) is 18.4 Å². The lowest BCUT2D eigenvalue weighted by molar-refractivity contribution is -0.121. The molecule has 6 rings (SSSR count). The average molecular weight is 538 g/mol. The second kappa shape index (κ2) is 11.1. The summed E-state index contributed by atoms with van der Waals surface area (Å²) >= 11 is 0. The molecule has 1 amide bonds. The van der Waals surface area contributed by atoms with E-state index in [0.29, 0.717) is 11.5 Å². The van der Waals surface area contributed by atoms with Crippen LogP contribution in [0.25, 0.3) is 10.9 Å². The fourth-order valence-corrected chi connectivity index (χ4v) is 5.61. The van der Waals surface area contributed by atoms with Gasteiger partial charge in [-0.2, -0.15) is 5.10 Å². The quantitative estimate of drug-likeness (QED) is 0.224. The van der Waals surface area contributed by atoms with Crippen LogP contribution in [0.4, 0.5) is 5.82 Å². The molecule has 41 heavy (non-hydrogen) atoms. The van der Waals surface area contributed by atoms with Gasteiger partial charge in [0.25, 0.3) is 0 Å². The molecule has 2 heterocycles. The molecule has 0 spiro atoms. The van der Waals surface area contributed by atoms with E-state index in [9.17, 15) is 4.79 Å². The van der Waals surface area contributed by atoms with Crippen molar-refractivity contribution < 1.29 is 4.79 Å². The predicted octanol–water partition coefficient (Wildman–Crippen LogP) is 6.27. The highest BCUT2D eigenvalue weighted by Crippen LogP contribution is 2.43. The fourth-order valence-electron chi connectivity index (χ4n) is 5.61. The van der Waals surface area contributed by atoms with Crippen molar-refractivity contribution in [1.29, 1.82) is 0 Å². The number of rotatable bonds is 8. The zero-order valence-electron chi connectivity index (χ0n) is 22.8. The summed E-state index contributed by atoms with van der Waals surface area (Å²) in [7, 11) is 0. The number of nitrogens with one attached hydrogen (secondary N) is 1. The van der Waals surface area contributed by atoms with Crippen LogP contribution in [-0.4, -0.2) is 20.7 Å². The van der Waals surface area contributed by atoms with E-state index in [1.165, 1.54) is 0 Å². The summed E-state index contributed by atoms with van der Waals surface area (Å²) in [6, 6.07) is 42.7. The molecule has 2 aromatic heterocycles. The van der Waals surface area contributed by atoms with E-state index < -0.39 is 5.54 Å². The maximum Gasteiger partial charge on any atom is 0.226 e. The van der Waals surface area contributed by atoms with Crippen molar-refractivity contribution in [3.63, 3.8) is 0 Å². The first kappa shape index (κ1) is 26.0. The summed E-state index contributed by atoms with van der Waals surface area (Å²) in [5.41, 5.74) is 11.3. The van der Waals surface area contributed by atoms with Crippen molar-refractivity contribution in [2.75, 3.05) is 5.73 Å². The Morgan fingerprint density at radius 1 is 0.805 bits per heavy atom. The molecule has 0 unspecified atom stereocenters. The van der Waals surface area contributed by atoms with Crippen LogP contribution in [0.2, 0.25) is 0 Å². The molecule has 3 N–H and O–H groups in total. The van der Waals surface area contributed by atoms with Crippen LogP contribution in [0, 0.1) is 0 Å². The Balaban J connectivity index is 1.50. The standard InChI is InChI=1S/C35H31N5O/c1-25(26-14-6-2-7-15-26)38-33(41)23-30-22-32-31(24-37-30)34(36)39-40(32)35(27-16-8-3-9-17-27,28-18-10-4-11-19-28)29-20-12-5-13-21-29/h2-22,24-25H,23H2,1H3,(H2,36,39)(H,38,41)/t25-/m1/s1. The first-order valence-electron chi connectivity index (χ1n) is 13.7. The summed E-state index contributed by atoms with van der Waals surface area (Å²) in [6.45, 7) is 1.98. The molecule has 0 saturated carbocycles. The van der Waals surface area contributed by atoms with Gasteiger partial charge in [-0.3, -0.25) is 9.78 Å². The van der Waals surface area contributed by atoms with E-state index in [1.807, 2.05) is 103 Å². The van der Waals surface area contributed by atoms with E-state index in [2.05, 4.69) is 46.7 Å². The van der Waals surface area contributed by atoms with Crippen LogP contribution in [-0.2, 0) is 16.8 Å². The third-order valence-electron chi connectivity index (χ3n) is 7.56. The van der Waals surface area contributed by atoms with Gasteiger partial charge in [-0.1, -0.05) is 121 Å². The summed E-state index contributed by atoms with van der Waals surface area (Å²) < 4.78 is 1.99. The van der Waals surface area contributed by atoms with Crippen LogP contribution in [0.15, 0.2) is 134 Å². The van der Waals surface area contributed by atoms with Gasteiger partial charge in [-0.15, -0.1) is 0 Å². The number of hydrogen-bond acceptors (Lipinski definition) is 4. The van der Waals surface area contributed by atoms with E-state index in [4.69, 9.17) is 10.8 Å². The maximum absolute atomic E-state index is 13.1. The zero-order valence-corrected chi connectivity index (χ0v) is 22.8. The lowest BCUT2D eigenvalue weighted by Gasteiger charge is -2.37. The Morgan fingerprint density at radius 2 is 1.29 bits per heavy atom. The summed E-state index contributed by atoms with van der Waals surface area (Å²) in [5.74, 6) is 0.279. The highest BCUT2D eigenvalue weighted by atomic mass is 16.1. The summed E-state index contributed by atoms with van der Waals surface area (Å²) in [5, 5.41) is 8.78. The number of pyridine rings is 1. The smallest absolute Gasteiger partial charge is 0.226 e. The summed E-state index contributed by atoms with van der Waals surface area (Å²) in [4.78, 5) is 17.7. The van der Waals surface area contributed by atoms with Crippen molar-refractivity contribution in [1.82, 2.24) is 20.1 Å². The molecule has 6 heteroatoms. The van der Waals surface area contributed by atoms with Crippen LogP contribution >= 0.6 is 0 Å². The minimum Gasteiger partial charge on any atom is -0.382 e. The highest BCUT2D eigenvalue weighted by Gasteiger charge is 2.40. The van der Waals surface area contributed by atoms with Crippen LogP contribution < -0.4 is 11.1 Å². The van der Waals surface area contributed by atoms with Crippen molar-refractivity contribution in [2.45, 2.75) is 24.9 Å². The van der Waals surface area contributed by atoms with Gasteiger partial charge in [-0.25, -0.2) is 4.68 Å². The molecule has 6 nitrogen and oxygen atoms in total. The molecule has 0 radical (unpaired) electrons. The largest absolute Gasteiger partial charge is 0.382 e. The molecule has 6 aromatic rings. The third-order valence-corrected chi connectivity index (χ3v) is 7.56. The number of fused-ring (bicyclic) bond motifs is 1. The van der Waals surface area contributed by atoms with Gasteiger partial charge >= 0.3 is 0 Å². The lowest BCUT2D eigenvalue weighted by atomic mass is 9.77. The number of nitrogens with two attached hydrogens (primary N) is 1. The number of carbonyl (C=O) groups is 1. The molecule has 0 fully saturated rings. The number of hydrogen-bond donors (Lipinski definition) is 2. The Kier molecular flexibility index (Phi) is 7.04. The van der Waals surface area contributed by atoms with Gasteiger partial charge in [-0.05, 0) is 35.2 Å². The molecule has 0 aliphatic carbocycles. The molecular weight excluding hydrogens is 506 g/mol. The van der Waals surface area contributed by atoms with Gasteiger partial charge in [0.2, 0.25) is 5.91 Å². The number of nitrogens with zero attached hydrogens (tertiary/aromatic N) is 3. The number of anilines is 1. The van der Waals surface area contributed by atoms with Gasteiger partial charge in [0.05, 0.1) is 29.1 Å². The van der Waals surface area contributed by atoms with Crippen LogP contribution in [0.3, 0.4) is 0 Å². The molecule has 1 atom stereocenters. The number of nitrogen functional groups attached to an aromatic ring is 1. The Labute approximate surface area is 239 Å². The van der Waals surface area contributed by atoms with Crippen molar-refractivity contribution >= 4 is 22.6 Å². The summed E-state index contributed by atoms with van der Waals surface area (Å²) in [6.07, 6.45) is 1.86. The second-order valence-corrected chi connectivity index (χ2v) is 10.2. The topological polar surface area (TPSA) is 85.8 Å². The molecule has 0 saturated heterocycles. The fraction of sp³-hybridized carbons (Fsp3) is 0.114. The first-order chi connectivity index (χ1) is 20.1. The van der Waals surface area contributed by atoms with Crippen molar-refractivity contribution in [2.24, 2.45) is 0 Å². The number of carbonyl (C=O) groups excluding carboxylic acids is 1. The van der Waals surface area contributed by atoms with Crippen molar-refractivity contribution in [3.8, 4) is 0 Å². The minimum absolute atomic E-state index is 0.104. The number of amides is 1. The number of aromatic nitrogens is 3.